The van der Waals surface area contributed by atoms with Crippen LogP contribution in [0.15, 0.2) is 36.5 Å². The van der Waals surface area contributed by atoms with Gasteiger partial charge in [0.25, 0.3) is 0 Å². The van der Waals surface area contributed by atoms with Gasteiger partial charge in [-0.15, -0.1) is 13.2 Å². The highest BCUT2D eigenvalue weighted by atomic mass is 19.4. The van der Waals surface area contributed by atoms with E-state index in [1.807, 2.05) is 12.3 Å². The lowest BCUT2D eigenvalue weighted by Gasteiger charge is -2.26. The highest BCUT2D eigenvalue weighted by Gasteiger charge is 2.31. The van der Waals surface area contributed by atoms with Crippen LogP contribution in [0.5, 0.6) is 5.75 Å². The topological polar surface area (TPSA) is 41.5 Å². The van der Waals surface area contributed by atoms with E-state index in [0.29, 0.717) is 18.5 Å². The van der Waals surface area contributed by atoms with Crippen LogP contribution in [0.1, 0.15) is 36.6 Å². The molecular formula is C20H23F3N4O. The summed E-state index contributed by atoms with van der Waals surface area (Å²) in [6.07, 6.45) is 0.557. The van der Waals surface area contributed by atoms with E-state index in [1.54, 1.807) is 12.1 Å². The smallest absolute Gasteiger partial charge is 0.406 e. The molecule has 1 aromatic carbocycles. The Kier molecular flexibility index (Phi) is 5.14. The Balaban J connectivity index is 1.33. The fourth-order valence-electron chi connectivity index (χ4n) is 3.61. The van der Waals surface area contributed by atoms with Crippen molar-refractivity contribution in [2.75, 3.05) is 25.0 Å². The van der Waals surface area contributed by atoms with Crippen LogP contribution in [0.3, 0.4) is 0 Å². The maximum absolute atomic E-state index is 12.3. The number of halogens is 3. The van der Waals surface area contributed by atoms with Crippen LogP contribution in [0.2, 0.25) is 0 Å². The maximum atomic E-state index is 12.3. The minimum atomic E-state index is -4.66. The van der Waals surface area contributed by atoms with Crippen LogP contribution < -0.4 is 9.64 Å². The number of benzene rings is 1. The summed E-state index contributed by atoms with van der Waals surface area (Å²) >= 11 is 0. The van der Waals surface area contributed by atoms with Gasteiger partial charge in [0.05, 0.1) is 0 Å². The number of alkyl halides is 3. The average molecular weight is 392 g/mol. The molecule has 0 N–H and O–H groups in total. The Morgan fingerprint density at radius 3 is 2.57 bits per heavy atom. The summed E-state index contributed by atoms with van der Waals surface area (Å²) in [5.41, 5.74) is 0.968. The fourth-order valence-corrected chi connectivity index (χ4v) is 3.61. The van der Waals surface area contributed by atoms with Gasteiger partial charge in [0.15, 0.2) is 0 Å². The van der Waals surface area contributed by atoms with Gasteiger partial charge in [-0.2, -0.15) is 0 Å². The number of likely N-dealkylation sites (tertiary alicyclic amines) is 1. The minimum Gasteiger partial charge on any atom is -0.406 e. The molecule has 150 valence electrons. The van der Waals surface area contributed by atoms with Crippen LogP contribution in [0.4, 0.5) is 19.0 Å². The molecule has 1 unspecified atom stereocenters. The molecule has 0 spiro atoms. The van der Waals surface area contributed by atoms with Crippen molar-refractivity contribution in [1.29, 1.82) is 0 Å². The Morgan fingerprint density at radius 1 is 1.14 bits per heavy atom. The first-order valence-corrected chi connectivity index (χ1v) is 9.50. The van der Waals surface area contributed by atoms with Crippen LogP contribution >= 0.6 is 0 Å². The van der Waals surface area contributed by atoms with Crippen molar-refractivity contribution in [2.45, 2.75) is 44.1 Å². The van der Waals surface area contributed by atoms with Crippen LogP contribution in [0, 0.1) is 0 Å². The van der Waals surface area contributed by atoms with Gasteiger partial charge in [-0.3, -0.25) is 4.90 Å². The van der Waals surface area contributed by atoms with E-state index in [1.165, 1.54) is 25.0 Å². The van der Waals surface area contributed by atoms with Crippen molar-refractivity contribution in [1.82, 2.24) is 14.9 Å². The lowest BCUT2D eigenvalue weighted by atomic mass is 10.2. The van der Waals surface area contributed by atoms with Crippen molar-refractivity contribution >= 4 is 5.82 Å². The van der Waals surface area contributed by atoms with E-state index in [0.717, 1.165) is 36.7 Å². The van der Waals surface area contributed by atoms with E-state index in [2.05, 4.69) is 26.6 Å². The number of ether oxygens (including phenoxy) is 1. The summed E-state index contributed by atoms with van der Waals surface area (Å²) in [4.78, 5) is 13.6. The summed E-state index contributed by atoms with van der Waals surface area (Å²) in [5.74, 6) is 2.24. The number of rotatable bonds is 6. The van der Waals surface area contributed by atoms with Crippen molar-refractivity contribution in [3.63, 3.8) is 0 Å². The van der Waals surface area contributed by atoms with Gasteiger partial charge in [-0.1, -0.05) is 12.1 Å². The summed E-state index contributed by atoms with van der Waals surface area (Å²) in [7, 11) is 2.07. The molecule has 2 heterocycles. The van der Waals surface area contributed by atoms with Crippen molar-refractivity contribution in [3.8, 4) is 5.75 Å². The molecule has 0 amide bonds. The molecule has 0 radical (unpaired) electrons. The largest absolute Gasteiger partial charge is 0.573 e. The van der Waals surface area contributed by atoms with Gasteiger partial charge in [0.1, 0.15) is 17.4 Å². The van der Waals surface area contributed by atoms with Crippen molar-refractivity contribution in [3.05, 3.63) is 47.9 Å². The Labute approximate surface area is 162 Å². The number of likely N-dealkylation sites (N-methyl/N-ethyl adjacent to an activating group) is 1. The number of anilines is 1. The molecule has 2 aromatic rings. The van der Waals surface area contributed by atoms with Crippen molar-refractivity contribution in [2.24, 2.45) is 0 Å². The zero-order valence-electron chi connectivity index (χ0n) is 15.7. The Morgan fingerprint density at radius 2 is 1.89 bits per heavy atom. The van der Waals surface area contributed by atoms with E-state index < -0.39 is 6.36 Å². The zero-order valence-corrected chi connectivity index (χ0v) is 15.7. The molecule has 8 heteroatoms. The third-order valence-electron chi connectivity index (χ3n) is 5.32. The second kappa shape index (κ2) is 7.58. The molecule has 1 aliphatic carbocycles. The maximum Gasteiger partial charge on any atom is 0.573 e. The lowest BCUT2D eigenvalue weighted by Crippen LogP contribution is -2.35. The van der Waals surface area contributed by atoms with Crippen LogP contribution in [0.25, 0.3) is 0 Å². The highest BCUT2D eigenvalue weighted by molar-refractivity contribution is 5.39. The molecule has 0 bridgehead atoms. The first-order valence-electron chi connectivity index (χ1n) is 9.50. The van der Waals surface area contributed by atoms with Gasteiger partial charge in [0, 0.05) is 44.8 Å². The molecule has 5 nitrogen and oxygen atoms in total. The zero-order chi connectivity index (χ0) is 19.7. The normalized spacial score (nSPS) is 20.4. The Bertz CT molecular complexity index is 808. The third-order valence-corrected chi connectivity index (χ3v) is 5.32. The van der Waals surface area contributed by atoms with E-state index >= 15 is 0 Å². The summed E-state index contributed by atoms with van der Waals surface area (Å²) in [6.45, 7) is 2.53. The van der Waals surface area contributed by atoms with Gasteiger partial charge in [-0.25, -0.2) is 9.97 Å². The van der Waals surface area contributed by atoms with Crippen molar-refractivity contribution < 1.29 is 17.9 Å². The molecule has 1 saturated carbocycles. The van der Waals surface area contributed by atoms with E-state index in [9.17, 15) is 13.2 Å². The molecule has 1 atom stereocenters. The Hall–Kier alpha value is -2.35. The predicted molar refractivity (Wildman–Crippen MR) is 99.2 cm³/mol. The van der Waals surface area contributed by atoms with Crippen LogP contribution in [-0.2, 0) is 6.54 Å². The molecule has 1 aromatic heterocycles. The first kappa shape index (κ1) is 19.0. The van der Waals surface area contributed by atoms with Gasteiger partial charge in [-0.05, 0) is 43.0 Å². The summed E-state index contributed by atoms with van der Waals surface area (Å²) in [5, 5.41) is 0. The lowest BCUT2D eigenvalue weighted by molar-refractivity contribution is -0.274. The average Bonchev–Trinajstić information content (AvgIpc) is 3.41. The third kappa shape index (κ3) is 4.73. The number of nitrogens with zero attached hydrogens (tertiary/aromatic N) is 4. The summed E-state index contributed by atoms with van der Waals surface area (Å²) in [6, 6.07) is 8.41. The highest BCUT2D eigenvalue weighted by Crippen LogP contribution is 2.38. The van der Waals surface area contributed by atoms with E-state index in [4.69, 9.17) is 4.98 Å². The SMILES string of the molecule is CN(c1ccnc(C2CC2)n1)C1CCN(Cc2ccc(OC(F)(F)F)cc2)C1. The number of hydrogen-bond acceptors (Lipinski definition) is 5. The van der Waals surface area contributed by atoms with E-state index in [-0.39, 0.29) is 5.75 Å². The second-order valence-electron chi connectivity index (χ2n) is 7.53. The molecular weight excluding hydrogens is 369 g/mol. The molecule has 2 aliphatic rings. The predicted octanol–water partition coefficient (Wildman–Crippen LogP) is 3.96. The molecule has 2 fully saturated rings. The monoisotopic (exact) mass is 392 g/mol. The first-order chi connectivity index (χ1) is 13.4. The van der Waals surface area contributed by atoms with Gasteiger partial charge in [0.2, 0.25) is 0 Å². The summed E-state index contributed by atoms with van der Waals surface area (Å²) < 4.78 is 40.7. The van der Waals surface area contributed by atoms with Gasteiger partial charge >= 0.3 is 6.36 Å². The molecule has 4 rings (SSSR count). The van der Waals surface area contributed by atoms with Crippen LogP contribution in [-0.4, -0.2) is 47.4 Å². The minimum absolute atomic E-state index is 0.189. The molecule has 1 saturated heterocycles. The molecule has 1 aliphatic heterocycles. The molecule has 28 heavy (non-hydrogen) atoms. The standard InChI is InChI=1S/C20H23F3N4O/c1-26(18-8-10-24-19(25-18)15-4-5-15)16-9-11-27(13-16)12-14-2-6-17(7-3-14)28-20(21,22)23/h2-3,6-8,10,15-16H,4-5,9,11-13H2,1H3. The number of hydrogen-bond donors (Lipinski definition) is 0. The second-order valence-corrected chi connectivity index (χ2v) is 7.53. The fraction of sp³-hybridized carbons (Fsp3) is 0.500. The quantitative estimate of drug-likeness (QED) is 0.744. The number of aromatic nitrogens is 2. The van der Waals surface area contributed by atoms with Gasteiger partial charge < -0.3 is 9.64 Å².